The number of nitrogens with zero attached hydrogens (tertiary/aromatic N) is 3. The van der Waals surface area contributed by atoms with E-state index in [1.165, 1.54) is 6.08 Å². The lowest BCUT2D eigenvalue weighted by molar-refractivity contribution is -0.114. The summed E-state index contributed by atoms with van der Waals surface area (Å²) in [6.45, 7) is 0.597. The van der Waals surface area contributed by atoms with Crippen LogP contribution in [0, 0.1) is 5.41 Å². The molecule has 2 aromatic rings. The molecule has 2 aliphatic heterocycles. The standard InChI is InChI=1S/C21H15F3N4O3S.ClH/c22-21(23,24)19-27-28-17(25)16(18(29)26-20(28)32-19)12-13-5-4-8-15(11-13)31-10-9-30-14-6-2-1-3-7-14;/h1-8,11-12,25H,9-10H2;1H. The molecule has 2 aromatic carbocycles. The highest BCUT2D eigenvalue weighted by atomic mass is 35.5. The van der Waals surface area contributed by atoms with Crippen molar-refractivity contribution in [3.05, 3.63) is 65.7 Å². The Labute approximate surface area is 196 Å². The number of hydrogen-bond donors (Lipinski definition) is 1. The molecule has 2 heterocycles. The first-order valence-corrected chi connectivity index (χ1v) is 10.1. The van der Waals surface area contributed by atoms with E-state index in [-0.39, 0.29) is 41.5 Å². The Hall–Kier alpha value is -3.31. The van der Waals surface area contributed by atoms with Gasteiger partial charge >= 0.3 is 6.18 Å². The van der Waals surface area contributed by atoms with Crippen LogP contribution in [0.15, 0.2) is 70.3 Å². The van der Waals surface area contributed by atoms with Crippen molar-refractivity contribution in [1.82, 2.24) is 5.01 Å². The van der Waals surface area contributed by atoms with Crippen molar-refractivity contribution in [3.63, 3.8) is 0 Å². The fourth-order valence-corrected chi connectivity index (χ4v) is 3.56. The van der Waals surface area contributed by atoms with E-state index in [0.29, 0.717) is 22.9 Å². The lowest BCUT2D eigenvalue weighted by atomic mass is 10.1. The second kappa shape index (κ2) is 10.1. The highest BCUT2D eigenvalue weighted by Crippen LogP contribution is 2.35. The quantitative estimate of drug-likeness (QED) is 0.461. The largest absolute Gasteiger partial charge is 0.490 e. The molecule has 4 rings (SSSR count). The molecule has 0 saturated carbocycles. The summed E-state index contributed by atoms with van der Waals surface area (Å²) >= 11 is 0.210. The molecular weight excluding hydrogens is 481 g/mol. The molecule has 0 bridgehead atoms. The molecule has 0 atom stereocenters. The maximum Gasteiger partial charge on any atom is 0.441 e. The first-order chi connectivity index (χ1) is 15.3. The van der Waals surface area contributed by atoms with Crippen LogP contribution in [0.5, 0.6) is 11.5 Å². The molecule has 2 aliphatic rings. The minimum atomic E-state index is -4.69. The summed E-state index contributed by atoms with van der Waals surface area (Å²) in [7, 11) is 0. The number of halogens is 4. The van der Waals surface area contributed by atoms with Gasteiger partial charge in [0.2, 0.25) is 10.2 Å². The first kappa shape index (κ1) is 24.3. The first-order valence-electron chi connectivity index (χ1n) is 9.29. The van der Waals surface area contributed by atoms with E-state index >= 15 is 0 Å². The van der Waals surface area contributed by atoms with E-state index in [2.05, 4.69) is 10.1 Å². The fourth-order valence-electron chi connectivity index (χ4n) is 2.80. The molecule has 7 nitrogen and oxygen atoms in total. The van der Waals surface area contributed by atoms with Crippen LogP contribution in [-0.2, 0) is 4.79 Å². The summed E-state index contributed by atoms with van der Waals surface area (Å²) < 4.78 is 49.9. The van der Waals surface area contributed by atoms with Crippen molar-refractivity contribution >= 4 is 52.2 Å². The van der Waals surface area contributed by atoms with Crippen molar-refractivity contribution in [2.45, 2.75) is 6.18 Å². The van der Waals surface area contributed by atoms with Crippen LogP contribution in [0.1, 0.15) is 5.56 Å². The Morgan fingerprint density at radius 1 is 1.03 bits per heavy atom. The molecule has 0 unspecified atom stereocenters. The number of amidine groups is 2. The number of carbonyl (C=O) groups excluding carboxylic acids is 1. The van der Waals surface area contributed by atoms with Crippen molar-refractivity contribution in [2.24, 2.45) is 10.1 Å². The topological polar surface area (TPSA) is 87.3 Å². The number of hydrazone groups is 1. The third-order valence-electron chi connectivity index (χ3n) is 4.23. The number of nitrogens with one attached hydrogen (secondary N) is 1. The van der Waals surface area contributed by atoms with E-state index < -0.39 is 23.0 Å². The summed E-state index contributed by atoms with van der Waals surface area (Å²) in [4.78, 5) is 16.0. The lowest BCUT2D eigenvalue weighted by Crippen LogP contribution is -2.35. The van der Waals surface area contributed by atoms with Gasteiger partial charge in [-0.05, 0) is 47.7 Å². The third-order valence-corrected chi connectivity index (χ3v) is 5.18. The SMILES string of the molecule is Cl.N=C1C(=Cc2cccc(OCCOc3ccccc3)c2)C(=O)N=C2SC(C(F)(F)F)=NN12. The van der Waals surface area contributed by atoms with Gasteiger partial charge < -0.3 is 9.47 Å². The maximum absolute atomic E-state index is 12.9. The summed E-state index contributed by atoms with van der Waals surface area (Å²) in [5.74, 6) is -0.0614. The molecule has 0 fully saturated rings. The van der Waals surface area contributed by atoms with Crippen LogP contribution in [0.25, 0.3) is 6.08 Å². The Balaban J connectivity index is 0.00000306. The van der Waals surface area contributed by atoms with Gasteiger partial charge in [0.15, 0.2) is 5.84 Å². The number of carbonyl (C=O) groups is 1. The fraction of sp³-hybridized carbons (Fsp3) is 0.143. The highest BCUT2D eigenvalue weighted by molar-refractivity contribution is 8.27. The predicted octanol–water partition coefficient (Wildman–Crippen LogP) is 4.75. The smallest absolute Gasteiger partial charge is 0.441 e. The molecular formula is C21H16ClF3N4O3S. The summed E-state index contributed by atoms with van der Waals surface area (Å²) in [6, 6.07) is 16.0. The molecule has 12 heteroatoms. The maximum atomic E-state index is 12.9. The molecule has 0 aliphatic carbocycles. The van der Waals surface area contributed by atoms with Crippen LogP contribution in [0.2, 0.25) is 0 Å². The number of alkyl halides is 3. The average molecular weight is 497 g/mol. The zero-order chi connectivity index (χ0) is 22.7. The van der Waals surface area contributed by atoms with Crippen LogP contribution < -0.4 is 9.47 Å². The van der Waals surface area contributed by atoms with Crippen LogP contribution >= 0.6 is 24.2 Å². The number of para-hydroxylation sites is 1. The lowest BCUT2D eigenvalue weighted by Gasteiger charge is -2.20. The number of thioether (sulfide) groups is 1. The van der Waals surface area contributed by atoms with Gasteiger partial charge in [-0.2, -0.15) is 28.3 Å². The Morgan fingerprint density at radius 2 is 1.70 bits per heavy atom. The minimum absolute atomic E-state index is 0. The third kappa shape index (κ3) is 5.74. The Morgan fingerprint density at radius 3 is 2.39 bits per heavy atom. The molecule has 0 saturated heterocycles. The van der Waals surface area contributed by atoms with Crippen molar-refractivity contribution in [2.75, 3.05) is 13.2 Å². The zero-order valence-electron chi connectivity index (χ0n) is 16.7. The van der Waals surface area contributed by atoms with Gasteiger partial charge in [-0.3, -0.25) is 10.2 Å². The van der Waals surface area contributed by atoms with E-state index in [4.69, 9.17) is 14.9 Å². The summed E-state index contributed by atoms with van der Waals surface area (Å²) in [5.41, 5.74) is 0.344. The van der Waals surface area contributed by atoms with Gasteiger partial charge in [0.25, 0.3) is 5.91 Å². The van der Waals surface area contributed by atoms with Gasteiger partial charge in [-0.15, -0.1) is 12.4 Å². The number of amides is 1. The van der Waals surface area contributed by atoms with Gasteiger partial charge in [0.1, 0.15) is 24.7 Å². The number of aliphatic imine (C=N–C) groups is 1. The van der Waals surface area contributed by atoms with Gasteiger partial charge in [-0.25, -0.2) is 0 Å². The molecule has 1 amide bonds. The monoisotopic (exact) mass is 496 g/mol. The van der Waals surface area contributed by atoms with E-state index in [1.807, 2.05) is 30.3 Å². The predicted molar refractivity (Wildman–Crippen MR) is 122 cm³/mol. The van der Waals surface area contributed by atoms with E-state index in [9.17, 15) is 18.0 Å². The number of ether oxygens (including phenoxy) is 2. The van der Waals surface area contributed by atoms with E-state index in [1.54, 1.807) is 24.3 Å². The summed E-state index contributed by atoms with van der Waals surface area (Å²) in [6.07, 6.45) is -3.32. The number of rotatable bonds is 6. The second-order valence-corrected chi connectivity index (χ2v) is 7.46. The second-order valence-electron chi connectivity index (χ2n) is 6.51. The highest BCUT2D eigenvalue weighted by Gasteiger charge is 2.46. The molecule has 1 N–H and O–H groups in total. The van der Waals surface area contributed by atoms with E-state index in [0.717, 1.165) is 5.75 Å². The van der Waals surface area contributed by atoms with Gasteiger partial charge in [0, 0.05) is 0 Å². The van der Waals surface area contributed by atoms with Crippen molar-refractivity contribution in [1.29, 1.82) is 5.41 Å². The van der Waals surface area contributed by atoms with Crippen molar-refractivity contribution in [3.8, 4) is 11.5 Å². The normalized spacial score (nSPS) is 16.7. The Kier molecular flexibility index (Phi) is 7.44. The van der Waals surface area contributed by atoms with Gasteiger partial charge in [0.05, 0.1) is 5.57 Å². The van der Waals surface area contributed by atoms with Crippen molar-refractivity contribution < 1.29 is 27.4 Å². The molecule has 0 radical (unpaired) electrons. The van der Waals surface area contributed by atoms with Crippen LogP contribution in [0.4, 0.5) is 13.2 Å². The van der Waals surface area contributed by atoms with Crippen LogP contribution in [0.3, 0.4) is 0 Å². The number of benzene rings is 2. The zero-order valence-corrected chi connectivity index (χ0v) is 18.3. The number of hydrogen-bond acceptors (Lipinski definition) is 6. The number of fused-ring (bicyclic) bond motifs is 1. The molecule has 33 heavy (non-hydrogen) atoms. The van der Waals surface area contributed by atoms with Crippen LogP contribution in [-0.4, -0.2) is 46.4 Å². The molecule has 0 spiro atoms. The Bertz CT molecular complexity index is 1150. The summed E-state index contributed by atoms with van der Waals surface area (Å²) in [5, 5.41) is 10.8. The molecule has 172 valence electrons. The molecule has 0 aromatic heterocycles. The average Bonchev–Trinajstić information content (AvgIpc) is 3.20. The minimum Gasteiger partial charge on any atom is -0.490 e. The van der Waals surface area contributed by atoms with Gasteiger partial charge in [-0.1, -0.05) is 30.3 Å².